The van der Waals surface area contributed by atoms with Gasteiger partial charge in [0.15, 0.2) is 0 Å². The molecule has 0 aromatic carbocycles. The quantitative estimate of drug-likeness (QED) is 0.582. The number of rotatable bonds is 1. The molecule has 1 rings (SSSR count). The summed E-state index contributed by atoms with van der Waals surface area (Å²) in [6.45, 7) is 1.95. The third-order valence-electron chi connectivity index (χ3n) is 1.67. The average molecular weight is 290 g/mol. The molecule has 0 saturated carbocycles. The van der Waals surface area contributed by atoms with E-state index in [0.29, 0.717) is 5.56 Å². The lowest BCUT2D eigenvalue weighted by atomic mass is 10.2. The normalized spacial score (nSPS) is 9.85. The lowest BCUT2D eigenvalue weighted by molar-refractivity contribution is 0.0827. The van der Waals surface area contributed by atoms with Gasteiger partial charge in [0.05, 0.1) is 5.56 Å². The zero-order valence-electron chi connectivity index (χ0n) is 7.84. The maximum Gasteiger partial charge on any atom is 0.254 e. The van der Waals surface area contributed by atoms with Gasteiger partial charge in [0.1, 0.15) is 3.70 Å². The number of aryl methyl sites for hydroxylation is 1. The van der Waals surface area contributed by atoms with Crippen LogP contribution in [0.1, 0.15) is 15.9 Å². The van der Waals surface area contributed by atoms with Crippen molar-refractivity contribution in [3.63, 3.8) is 0 Å². The van der Waals surface area contributed by atoms with Crippen molar-refractivity contribution < 1.29 is 4.79 Å². The SMILES string of the molecule is Cc1cc(C(=O)N(C)C)cnc1I. The first-order valence-corrected chi connectivity index (χ1v) is 4.94. The van der Waals surface area contributed by atoms with Crippen molar-refractivity contribution in [1.29, 1.82) is 0 Å². The molecule has 4 heteroatoms. The monoisotopic (exact) mass is 290 g/mol. The average Bonchev–Trinajstić information content (AvgIpc) is 2.08. The summed E-state index contributed by atoms with van der Waals surface area (Å²) in [4.78, 5) is 17.2. The van der Waals surface area contributed by atoms with Gasteiger partial charge in [0.2, 0.25) is 0 Å². The van der Waals surface area contributed by atoms with Crippen LogP contribution < -0.4 is 0 Å². The number of halogens is 1. The molecule has 1 aromatic heterocycles. The Kier molecular flexibility index (Phi) is 3.24. The molecule has 1 aromatic rings. The first-order valence-electron chi connectivity index (χ1n) is 3.86. The van der Waals surface area contributed by atoms with Gasteiger partial charge < -0.3 is 4.90 Å². The number of hydrogen-bond acceptors (Lipinski definition) is 2. The van der Waals surface area contributed by atoms with E-state index in [9.17, 15) is 4.79 Å². The highest BCUT2D eigenvalue weighted by atomic mass is 127. The van der Waals surface area contributed by atoms with E-state index in [0.717, 1.165) is 9.26 Å². The molecule has 1 heterocycles. The van der Waals surface area contributed by atoms with Crippen LogP contribution in [0, 0.1) is 10.6 Å². The molecule has 0 unspecified atom stereocenters. The minimum absolute atomic E-state index is 0.00741. The van der Waals surface area contributed by atoms with E-state index >= 15 is 0 Å². The van der Waals surface area contributed by atoms with Gasteiger partial charge >= 0.3 is 0 Å². The molecule has 0 aliphatic carbocycles. The molecule has 0 radical (unpaired) electrons. The highest BCUT2D eigenvalue weighted by molar-refractivity contribution is 14.1. The molecule has 0 bridgehead atoms. The van der Waals surface area contributed by atoms with Crippen molar-refractivity contribution in [2.75, 3.05) is 14.1 Å². The molecule has 70 valence electrons. The molecular formula is C9H11IN2O. The van der Waals surface area contributed by atoms with Crippen LogP contribution in [0.4, 0.5) is 0 Å². The fourth-order valence-electron chi connectivity index (χ4n) is 0.933. The Balaban J connectivity index is 3.04. The number of nitrogens with zero attached hydrogens (tertiary/aromatic N) is 2. The summed E-state index contributed by atoms with van der Waals surface area (Å²) >= 11 is 2.15. The molecule has 3 nitrogen and oxygen atoms in total. The predicted octanol–water partition coefficient (Wildman–Crippen LogP) is 1.70. The molecule has 0 spiro atoms. The Morgan fingerprint density at radius 3 is 2.62 bits per heavy atom. The molecule has 1 amide bonds. The number of carbonyl (C=O) groups is 1. The molecule has 0 saturated heterocycles. The van der Waals surface area contributed by atoms with E-state index < -0.39 is 0 Å². The van der Waals surface area contributed by atoms with Crippen LogP contribution in [0.15, 0.2) is 12.3 Å². The number of pyridine rings is 1. The molecule has 0 aliphatic rings. The third kappa shape index (κ3) is 2.40. The van der Waals surface area contributed by atoms with Gasteiger partial charge in [-0.2, -0.15) is 0 Å². The summed E-state index contributed by atoms with van der Waals surface area (Å²) in [5, 5.41) is 0. The van der Waals surface area contributed by atoms with Crippen molar-refractivity contribution >= 4 is 28.5 Å². The van der Waals surface area contributed by atoms with E-state index in [2.05, 4.69) is 27.6 Å². The molecule has 0 atom stereocenters. The van der Waals surface area contributed by atoms with Crippen molar-refractivity contribution in [3.8, 4) is 0 Å². The van der Waals surface area contributed by atoms with Crippen LogP contribution in [0.5, 0.6) is 0 Å². The van der Waals surface area contributed by atoms with Crippen molar-refractivity contribution in [3.05, 3.63) is 27.1 Å². The smallest absolute Gasteiger partial charge is 0.254 e. The Hall–Kier alpha value is -0.650. The number of hydrogen-bond donors (Lipinski definition) is 0. The highest BCUT2D eigenvalue weighted by Gasteiger charge is 2.09. The second kappa shape index (κ2) is 4.04. The maximum atomic E-state index is 11.5. The number of aromatic nitrogens is 1. The summed E-state index contributed by atoms with van der Waals surface area (Å²) in [5.74, 6) is -0.00741. The van der Waals surface area contributed by atoms with Crippen LogP contribution in [-0.2, 0) is 0 Å². The predicted molar refractivity (Wildman–Crippen MR) is 59.7 cm³/mol. The zero-order valence-corrected chi connectivity index (χ0v) is 9.99. The van der Waals surface area contributed by atoms with Gasteiger partial charge in [-0.1, -0.05) is 0 Å². The summed E-state index contributed by atoms with van der Waals surface area (Å²) in [6, 6.07) is 1.86. The number of amides is 1. The standard InChI is InChI=1S/C9H11IN2O/c1-6-4-7(5-11-8(6)10)9(13)12(2)3/h4-5H,1-3H3. The van der Waals surface area contributed by atoms with Crippen molar-refractivity contribution in [2.45, 2.75) is 6.92 Å². The fourth-order valence-corrected chi connectivity index (χ4v) is 1.23. The Morgan fingerprint density at radius 2 is 2.15 bits per heavy atom. The van der Waals surface area contributed by atoms with E-state index in [1.54, 1.807) is 25.2 Å². The molecule has 0 aliphatic heterocycles. The van der Waals surface area contributed by atoms with Gasteiger partial charge in [-0.3, -0.25) is 4.79 Å². The van der Waals surface area contributed by atoms with E-state index in [4.69, 9.17) is 0 Å². The fraction of sp³-hybridized carbons (Fsp3) is 0.333. The highest BCUT2D eigenvalue weighted by Crippen LogP contribution is 2.10. The minimum atomic E-state index is -0.00741. The first kappa shape index (κ1) is 10.4. The van der Waals surface area contributed by atoms with Crippen LogP contribution in [0.3, 0.4) is 0 Å². The van der Waals surface area contributed by atoms with Gasteiger partial charge in [0, 0.05) is 20.3 Å². The zero-order chi connectivity index (χ0) is 10.0. The summed E-state index contributed by atoms with van der Waals surface area (Å²) in [5.41, 5.74) is 1.68. The topological polar surface area (TPSA) is 33.2 Å². The summed E-state index contributed by atoms with van der Waals surface area (Å²) < 4.78 is 0.938. The van der Waals surface area contributed by atoms with Gasteiger partial charge in [-0.15, -0.1) is 0 Å². The van der Waals surface area contributed by atoms with Gasteiger partial charge in [-0.25, -0.2) is 4.98 Å². The second-order valence-electron chi connectivity index (χ2n) is 3.03. The third-order valence-corrected chi connectivity index (χ3v) is 2.80. The lowest BCUT2D eigenvalue weighted by Crippen LogP contribution is -2.22. The molecule has 13 heavy (non-hydrogen) atoms. The molecular weight excluding hydrogens is 279 g/mol. The van der Waals surface area contributed by atoms with Crippen molar-refractivity contribution in [2.24, 2.45) is 0 Å². The van der Waals surface area contributed by atoms with Crippen LogP contribution in [0.25, 0.3) is 0 Å². The Bertz CT molecular complexity index is 336. The molecule has 0 N–H and O–H groups in total. The maximum absolute atomic E-state index is 11.5. The lowest BCUT2D eigenvalue weighted by Gasteiger charge is -2.10. The Labute approximate surface area is 91.3 Å². The summed E-state index contributed by atoms with van der Waals surface area (Å²) in [7, 11) is 3.46. The minimum Gasteiger partial charge on any atom is -0.345 e. The largest absolute Gasteiger partial charge is 0.345 e. The van der Waals surface area contributed by atoms with E-state index in [-0.39, 0.29) is 5.91 Å². The Morgan fingerprint density at radius 1 is 1.54 bits per heavy atom. The number of carbonyl (C=O) groups excluding carboxylic acids is 1. The van der Waals surface area contributed by atoms with Crippen LogP contribution >= 0.6 is 22.6 Å². The van der Waals surface area contributed by atoms with Gasteiger partial charge in [0.25, 0.3) is 5.91 Å². The molecule has 0 fully saturated rings. The summed E-state index contributed by atoms with van der Waals surface area (Å²) in [6.07, 6.45) is 1.61. The van der Waals surface area contributed by atoms with Crippen LogP contribution in [-0.4, -0.2) is 29.9 Å². The van der Waals surface area contributed by atoms with Gasteiger partial charge in [-0.05, 0) is 41.1 Å². The van der Waals surface area contributed by atoms with Crippen LogP contribution in [0.2, 0.25) is 0 Å². The van der Waals surface area contributed by atoms with Crippen molar-refractivity contribution in [1.82, 2.24) is 9.88 Å². The van der Waals surface area contributed by atoms with E-state index in [1.807, 2.05) is 13.0 Å². The van der Waals surface area contributed by atoms with E-state index in [1.165, 1.54) is 0 Å². The second-order valence-corrected chi connectivity index (χ2v) is 4.05. The first-order chi connectivity index (χ1) is 6.02.